The third kappa shape index (κ3) is 4.93. The Morgan fingerprint density at radius 3 is 2.26 bits per heavy atom. The highest BCUT2D eigenvalue weighted by Gasteiger charge is 2.24. The summed E-state index contributed by atoms with van der Waals surface area (Å²) in [6.07, 6.45) is 1.85. The normalized spacial score (nSPS) is 13.3. The van der Waals surface area contributed by atoms with E-state index in [0.29, 0.717) is 27.9 Å². The van der Waals surface area contributed by atoms with E-state index in [0.717, 1.165) is 12.8 Å². The van der Waals surface area contributed by atoms with Crippen molar-refractivity contribution in [1.82, 2.24) is 14.9 Å². The number of aryl methyl sites for hydroxylation is 2. The first-order valence-corrected chi connectivity index (χ1v) is 9.03. The van der Waals surface area contributed by atoms with Crippen molar-refractivity contribution in [3.63, 3.8) is 0 Å². The molecule has 1 amide bonds. The van der Waals surface area contributed by atoms with Gasteiger partial charge in [0, 0.05) is 12.1 Å². The van der Waals surface area contributed by atoms with Crippen molar-refractivity contribution < 1.29 is 4.79 Å². The summed E-state index contributed by atoms with van der Waals surface area (Å²) >= 11 is 1.33. The van der Waals surface area contributed by atoms with Crippen LogP contribution in [-0.2, 0) is 4.79 Å². The summed E-state index contributed by atoms with van der Waals surface area (Å²) in [4.78, 5) is 23.2. The van der Waals surface area contributed by atoms with Gasteiger partial charge in [0.2, 0.25) is 5.91 Å². The minimum Gasteiger partial charge on any atom is -0.337 e. The van der Waals surface area contributed by atoms with Crippen molar-refractivity contribution >= 4 is 17.7 Å². The number of hydrogen-bond acceptors (Lipinski definition) is 5. The van der Waals surface area contributed by atoms with E-state index >= 15 is 0 Å². The lowest BCUT2D eigenvalue weighted by Gasteiger charge is -2.34. The second-order valence-corrected chi connectivity index (χ2v) is 6.72. The molecule has 0 aromatic carbocycles. The van der Waals surface area contributed by atoms with Gasteiger partial charge in [0.1, 0.15) is 22.5 Å². The number of hydrogen-bond donors (Lipinski definition) is 0. The van der Waals surface area contributed by atoms with Gasteiger partial charge in [0.25, 0.3) is 0 Å². The Bertz CT molecular complexity index is 587. The second-order valence-electron chi connectivity index (χ2n) is 5.75. The number of thioether (sulfide) groups is 1. The fraction of sp³-hybridized carbons (Fsp3) is 0.647. The zero-order chi connectivity index (χ0) is 17.6. The average Bonchev–Trinajstić information content (AvgIpc) is 2.52. The molecule has 0 aliphatic carbocycles. The van der Waals surface area contributed by atoms with Crippen molar-refractivity contribution in [2.24, 2.45) is 0 Å². The molecule has 23 heavy (non-hydrogen) atoms. The minimum atomic E-state index is 0.0940. The molecular formula is C17H26N4OS. The molecule has 0 spiro atoms. The van der Waals surface area contributed by atoms with Crippen LogP contribution in [0.4, 0.5) is 0 Å². The Morgan fingerprint density at radius 2 is 1.78 bits per heavy atom. The zero-order valence-corrected chi connectivity index (χ0v) is 15.7. The van der Waals surface area contributed by atoms with E-state index in [1.807, 2.05) is 4.90 Å². The van der Waals surface area contributed by atoms with Crippen LogP contribution in [0.1, 0.15) is 57.6 Å². The lowest BCUT2D eigenvalue weighted by Crippen LogP contribution is -2.45. The molecule has 0 saturated carbocycles. The van der Waals surface area contributed by atoms with E-state index < -0.39 is 0 Å². The first kappa shape index (κ1) is 19.4. The quantitative estimate of drug-likeness (QED) is 0.564. The van der Waals surface area contributed by atoms with Crippen LogP contribution in [0.3, 0.4) is 0 Å². The molecule has 0 aliphatic heterocycles. The van der Waals surface area contributed by atoms with Crippen LogP contribution in [-0.4, -0.2) is 38.6 Å². The van der Waals surface area contributed by atoms with Gasteiger partial charge in [-0.3, -0.25) is 4.79 Å². The van der Waals surface area contributed by atoms with Crippen LogP contribution in [0, 0.1) is 25.2 Å². The Kier molecular flexibility index (Phi) is 7.50. The number of rotatable bonds is 7. The monoisotopic (exact) mass is 334 g/mol. The van der Waals surface area contributed by atoms with Gasteiger partial charge in [-0.15, -0.1) is 0 Å². The van der Waals surface area contributed by atoms with Crippen LogP contribution in [0.2, 0.25) is 0 Å². The van der Waals surface area contributed by atoms with Gasteiger partial charge in [-0.05, 0) is 40.5 Å². The van der Waals surface area contributed by atoms with Gasteiger partial charge >= 0.3 is 0 Å². The molecule has 0 fully saturated rings. The third-order valence-corrected chi connectivity index (χ3v) is 4.99. The van der Waals surface area contributed by atoms with Gasteiger partial charge in [-0.2, -0.15) is 5.26 Å². The summed E-state index contributed by atoms with van der Waals surface area (Å²) in [5.74, 6) is 1.01. The van der Waals surface area contributed by atoms with Crippen molar-refractivity contribution in [1.29, 1.82) is 5.26 Å². The maximum absolute atomic E-state index is 12.7. The molecule has 0 radical (unpaired) electrons. The average molecular weight is 334 g/mol. The van der Waals surface area contributed by atoms with Gasteiger partial charge in [0.05, 0.1) is 11.4 Å². The van der Waals surface area contributed by atoms with E-state index in [2.05, 4.69) is 43.7 Å². The molecule has 5 nitrogen and oxygen atoms in total. The van der Waals surface area contributed by atoms with E-state index in [1.54, 1.807) is 13.8 Å². The molecule has 1 heterocycles. The lowest BCUT2D eigenvalue weighted by molar-refractivity contribution is -0.132. The summed E-state index contributed by atoms with van der Waals surface area (Å²) in [6, 6.07) is 2.56. The smallest absolute Gasteiger partial charge is 0.233 e. The Balaban J connectivity index is 2.92. The molecule has 2 atom stereocenters. The van der Waals surface area contributed by atoms with Crippen LogP contribution < -0.4 is 0 Å². The summed E-state index contributed by atoms with van der Waals surface area (Å²) in [6.45, 7) is 11.9. The lowest BCUT2D eigenvalue weighted by atomic mass is 10.1. The fourth-order valence-corrected chi connectivity index (χ4v) is 3.38. The molecule has 1 rings (SSSR count). The standard InChI is InChI=1S/C17H26N4OS/c1-7-11(3)21(12(4)8-2)16(22)10-23-17-15(9-18)13(5)19-14(6)20-17/h11-12H,7-8,10H2,1-6H3. The number of carbonyl (C=O) groups excluding carboxylic acids is 1. The van der Waals surface area contributed by atoms with Crippen LogP contribution in [0.15, 0.2) is 5.03 Å². The number of nitriles is 1. The van der Waals surface area contributed by atoms with E-state index in [-0.39, 0.29) is 18.0 Å². The zero-order valence-electron chi connectivity index (χ0n) is 14.9. The molecule has 0 bridgehead atoms. The molecule has 126 valence electrons. The highest BCUT2D eigenvalue weighted by Crippen LogP contribution is 2.23. The van der Waals surface area contributed by atoms with Crippen molar-refractivity contribution in [2.45, 2.75) is 71.5 Å². The Morgan fingerprint density at radius 1 is 1.22 bits per heavy atom. The van der Waals surface area contributed by atoms with E-state index in [4.69, 9.17) is 0 Å². The minimum absolute atomic E-state index is 0.0940. The van der Waals surface area contributed by atoms with Crippen molar-refractivity contribution in [3.8, 4) is 6.07 Å². The van der Waals surface area contributed by atoms with Gasteiger partial charge < -0.3 is 4.90 Å². The molecule has 6 heteroatoms. The number of aromatic nitrogens is 2. The second kappa shape index (κ2) is 8.88. The summed E-state index contributed by atoms with van der Waals surface area (Å²) in [5.41, 5.74) is 1.13. The number of carbonyl (C=O) groups is 1. The molecule has 0 saturated heterocycles. The largest absolute Gasteiger partial charge is 0.337 e. The predicted molar refractivity (Wildman–Crippen MR) is 93.3 cm³/mol. The number of amides is 1. The molecule has 1 aromatic rings. The van der Waals surface area contributed by atoms with E-state index in [9.17, 15) is 10.1 Å². The molecular weight excluding hydrogens is 308 g/mol. The van der Waals surface area contributed by atoms with Gasteiger partial charge in [-0.1, -0.05) is 25.6 Å². The molecule has 0 aliphatic rings. The fourth-order valence-electron chi connectivity index (χ4n) is 2.44. The highest BCUT2D eigenvalue weighted by atomic mass is 32.2. The van der Waals surface area contributed by atoms with Crippen LogP contribution >= 0.6 is 11.8 Å². The van der Waals surface area contributed by atoms with Crippen molar-refractivity contribution in [2.75, 3.05) is 5.75 Å². The van der Waals surface area contributed by atoms with Crippen LogP contribution in [0.25, 0.3) is 0 Å². The summed E-state index contributed by atoms with van der Waals surface area (Å²) < 4.78 is 0. The SMILES string of the molecule is CCC(C)N(C(=O)CSc1nc(C)nc(C)c1C#N)C(C)CC. The molecule has 0 N–H and O–H groups in total. The van der Waals surface area contributed by atoms with Gasteiger partial charge in [-0.25, -0.2) is 9.97 Å². The summed E-state index contributed by atoms with van der Waals surface area (Å²) in [7, 11) is 0. The maximum atomic E-state index is 12.7. The highest BCUT2D eigenvalue weighted by molar-refractivity contribution is 8.00. The Hall–Kier alpha value is -1.61. The van der Waals surface area contributed by atoms with Crippen molar-refractivity contribution in [3.05, 3.63) is 17.1 Å². The first-order chi connectivity index (χ1) is 10.8. The number of nitrogens with zero attached hydrogens (tertiary/aromatic N) is 4. The summed E-state index contributed by atoms with van der Waals surface area (Å²) in [5, 5.41) is 9.87. The Labute approximate surface area is 143 Å². The predicted octanol–water partition coefficient (Wildman–Crippen LogP) is 3.48. The third-order valence-electron chi connectivity index (χ3n) is 4.03. The molecule has 1 aromatic heterocycles. The topological polar surface area (TPSA) is 69.9 Å². The van der Waals surface area contributed by atoms with Crippen LogP contribution in [0.5, 0.6) is 0 Å². The first-order valence-electron chi connectivity index (χ1n) is 8.04. The van der Waals surface area contributed by atoms with Gasteiger partial charge in [0.15, 0.2) is 0 Å². The maximum Gasteiger partial charge on any atom is 0.233 e. The van der Waals surface area contributed by atoms with E-state index in [1.165, 1.54) is 11.8 Å². The molecule has 2 unspecified atom stereocenters.